The molecule has 2 fully saturated rings. The lowest BCUT2D eigenvalue weighted by molar-refractivity contribution is -0.107. The number of nitrogens with zero attached hydrogens (tertiary/aromatic N) is 6. The average Bonchev–Trinajstić information content (AvgIpc) is 3.15. The van der Waals surface area contributed by atoms with Gasteiger partial charge in [0.15, 0.2) is 11.6 Å². The summed E-state index contributed by atoms with van der Waals surface area (Å²) in [6, 6.07) is 6.11. The number of rotatable bonds is 6. The highest BCUT2D eigenvalue weighted by molar-refractivity contribution is 7.09. The molecule has 2 aliphatic rings. The van der Waals surface area contributed by atoms with E-state index < -0.39 is 0 Å². The molecule has 1 saturated carbocycles. The Morgan fingerprint density at radius 3 is 2.85 bits per heavy atom. The molecule has 1 aliphatic heterocycles. The summed E-state index contributed by atoms with van der Waals surface area (Å²) < 4.78 is 1.90. The van der Waals surface area contributed by atoms with E-state index in [2.05, 4.69) is 45.3 Å². The van der Waals surface area contributed by atoms with Crippen molar-refractivity contribution in [3.8, 4) is 0 Å². The third kappa shape index (κ3) is 4.82. The first-order chi connectivity index (χ1) is 16.4. The number of aromatic amines is 1. The molecule has 2 N–H and O–H groups in total. The standard InChI is InChI=1S/C18H23N7.C6H7NOS/c1-18(2)8-4-9-24(18)17-20-16(14-5-3-10-25(14)23-17)19-15-11-13(21-22-15)12-6-7-12;1-5-4-9-6(7-5)2-3-8/h3,5,10-12H,4,6-9H2,1-2H3,(H2,19,20,21,22,23);3-4H,2H2,1H3. The van der Waals surface area contributed by atoms with Crippen LogP contribution in [0.2, 0.25) is 0 Å². The number of H-pyrrole nitrogens is 1. The first-order valence-electron chi connectivity index (χ1n) is 11.7. The number of fused-ring (bicyclic) bond motifs is 1. The lowest BCUT2D eigenvalue weighted by Crippen LogP contribution is -2.39. The number of thiazole rings is 1. The van der Waals surface area contributed by atoms with Gasteiger partial charge >= 0.3 is 0 Å². The van der Waals surface area contributed by atoms with Crippen molar-refractivity contribution in [3.63, 3.8) is 0 Å². The molecule has 34 heavy (non-hydrogen) atoms. The fourth-order valence-electron chi connectivity index (χ4n) is 4.30. The quantitative estimate of drug-likeness (QED) is 0.389. The van der Waals surface area contributed by atoms with Gasteiger partial charge in [-0.3, -0.25) is 5.10 Å². The van der Waals surface area contributed by atoms with Gasteiger partial charge < -0.3 is 15.0 Å². The Morgan fingerprint density at radius 1 is 1.32 bits per heavy atom. The maximum atomic E-state index is 9.95. The van der Waals surface area contributed by atoms with Crippen molar-refractivity contribution in [1.82, 2.24) is 29.8 Å². The molecular formula is C24H30N8OS. The third-order valence-electron chi connectivity index (χ3n) is 6.31. The summed E-state index contributed by atoms with van der Waals surface area (Å²) in [5.41, 5.74) is 3.25. The van der Waals surface area contributed by atoms with E-state index in [9.17, 15) is 4.79 Å². The van der Waals surface area contributed by atoms with E-state index in [1.54, 1.807) is 0 Å². The maximum Gasteiger partial charge on any atom is 0.246 e. The summed E-state index contributed by atoms with van der Waals surface area (Å²) >= 11 is 1.53. The Labute approximate surface area is 202 Å². The van der Waals surface area contributed by atoms with Crippen LogP contribution in [0.25, 0.3) is 5.52 Å². The molecule has 0 amide bonds. The summed E-state index contributed by atoms with van der Waals surface area (Å²) in [7, 11) is 0. The second kappa shape index (κ2) is 9.17. The Balaban J connectivity index is 0.000000227. The van der Waals surface area contributed by atoms with Crippen LogP contribution in [0.4, 0.5) is 17.6 Å². The lowest BCUT2D eigenvalue weighted by atomic mass is 10.0. The third-order valence-corrected chi connectivity index (χ3v) is 7.30. The van der Waals surface area contributed by atoms with Crippen LogP contribution < -0.4 is 10.2 Å². The molecule has 4 aromatic rings. The van der Waals surface area contributed by atoms with Gasteiger partial charge in [0.1, 0.15) is 11.8 Å². The predicted molar refractivity (Wildman–Crippen MR) is 134 cm³/mol. The molecule has 10 heteroatoms. The van der Waals surface area contributed by atoms with E-state index in [4.69, 9.17) is 10.1 Å². The van der Waals surface area contributed by atoms with Crippen molar-refractivity contribution in [1.29, 1.82) is 0 Å². The first-order valence-corrected chi connectivity index (χ1v) is 12.6. The number of hydrogen-bond donors (Lipinski definition) is 2. The highest BCUT2D eigenvalue weighted by Crippen LogP contribution is 2.40. The van der Waals surface area contributed by atoms with Crippen LogP contribution in [0.3, 0.4) is 0 Å². The number of aryl methyl sites for hydroxylation is 1. The molecule has 0 unspecified atom stereocenters. The zero-order valence-corrected chi connectivity index (χ0v) is 20.6. The van der Waals surface area contributed by atoms with Gasteiger partial charge in [0.2, 0.25) is 5.95 Å². The average molecular weight is 479 g/mol. The highest BCUT2D eigenvalue weighted by Gasteiger charge is 2.34. The van der Waals surface area contributed by atoms with Gasteiger partial charge in [-0.25, -0.2) is 9.50 Å². The van der Waals surface area contributed by atoms with Crippen molar-refractivity contribution in [2.45, 2.75) is 64.3 Å². The number of hydrogen-bond acceptors (Lipinski definition) is 8. The topological polar surface area (TPSA) is 104 Å². The molecule has 9 nitrogen and oxygen atoms in total. The molecule has 5 heterocycles. The SMILES string of the molecule is CC1(C)CCCN1c1nc(Nc2cc(C3CC3)[nH]n2)c2cccn2n1.Cc1csc(CC=O)n1. The molecule has 6 rings (SSSR count). The molecule has 1 aliphatic carbocycles. The van der Waals surface area contributed by atoms with Crippen molar-refractivity contribution in [2.75, 3.05) is 16.8 Å². The fourth-order valence-corrected chi connectivity index (χ4v) is 5.02. The number of anilines is 3. The Kier molecular flexibility index (Phi) is 6.07. The molecule has 0 radical (unpaired) electrons. The van der Waals surface area contributed by atoms with Crippen LogP contribution >= 0.6 is 11.3 Å². The summed E-state index contributed by atoms with van der Waals surface area (Å²) in [6.45, 7) is 7.43. The van der Waals surface area contributed by atoms with Crippen LogP contribution in [-0.4, -0.2) is 48.1 Å². The largest absolute Gasteiger partial charge is 0.334 e. The predicted octanol–water partition coefficient (Wildman–Crippen LogP) is 4.65. The van der Waals surface area contributed by atoms with Crippen molar-refractivity contribution < 1.29 is 4.79 Å². The number of carbonyl (C=O) groups is 1. The minimum Gasteiger partial charge on any atom is -0.334 e. The summed E-state index contributed by atoms with van der Waals surface area (Å²) in [6.07, 6.45) is 8.14. The molecule has 0 aromatic carbocycles. The number of nitrogens with one attached hydrogen (secondary N) is 2. The van der Waals surface area contributed by atoms with Crippen LogP contribution in [0, 0.1) is 6.92 Å². The minimum atomic E-state index is 0.0869. The molecule has 1 saturated heterocycles. The zero-order valence-electron chi connectivity index (χ0n) is 19.8. The number of aromatic nitrogens is 6. The van der Waals surface area contributed by atoms with Crippen LogP contribution in [0.1, 0.15) is 61.8 Å². The molecule has 4 aromatic heterocycles. The second-order valence-corrected chi connectivity index (χ2v) is 10.5. The van der Waals surface area contributed by atoms with Crippen molar-refractivity contribution >= 4 is 40.7 Å². The van der Waals surface area contributed by atoms with Gasteiger partial charge in [0.05, 0.1) is 11.4 Å². The monoisotopic (exact) mass is 478 g/mol. The number of carbonyl (C=O) groups excluding carboxylic acids is 1. The van der Waals surface area contributed by atoms with E-state index in [-0.39, 0.29) is 5.54 Å². The van der Waals surface area contributed by atoms with Crippen molar-refractivity contribution in [2.24, 2.45) is 0 Å². The van der Waals surface area contributed by atoms with E-state index >= 15 is 0 Å². The molecule has 178 valence electrons. The zero-order chi connectivity index (χ0) is 23.7. The Hall–Kier alpha value is -3.27. The second-order valence-electron chi connectivity index (χ2n) is 9.53. The van der Waals surface area contributed by atoms with Crippen LogP contribution in [0.5, 0.6) is 0 Å². The maximum absolute atomic E-state index is 9.95. The summed E-state index contributed by atoms with van der Waals surface area (Å²) in [5, 5.41) is 18.5. The van der Waals surface area contributed by atoms with Gasteiger partial charge in [-0.1, -0.05) is 0 Å². The molecule has 0 spiro atoms. The highest BCUT2D eigenvalue weighted by atomic mass is 32.1. The number of aldehydes is 1. The van der Waals surface area contributed by atoms with Crippen LogP contribution in [-0.2, 0) is 11.2 Å². The normalized spacial score (nSPS) is 17.0. The van der Waals surface area contributed by atoms with Gasteiger partial charge in [-0.2, -0.15) is 10.1 Å². The van der Waals surface area contributed by atoms with Gasteiger partial charge in [-0.15, -0.1) is 16.4 Å². The van der Waals surface area contributed by atoms with Gasteiger partial charge in [-0.05, 0) is 58.6 Å². The Morgan fingerprint density at radius 2 is 2.18 bits per heavy atom. The van der Waals surface area contributed by atoms with E-state index in [1.165, 1.54) is 36.3 Å². The fraction of sp³-hybridized carbons (Fsp3) is 0.458. The summed E-state index contributed by atoms with van der Waals surface area (Å²) in [5.74, 6) is 3.04. The van der Waals surface area contributed by atoms with Crippen LogP contribution in [0.15, 0.2) is 29.8 Å². The van der Waals surface area contributed by atoms with Gasteiger partial charge in [0, 0.05) is 47.0 Å². The van der Waals surface area contributed by atoms with E-state index in [0.29, 0.717) is 12.3 Å². The smallest absolute Gasteiger partial charge is 0.246 e. The first kappa shape index (κ1) is 22.5. The summed E-state index contributed by atoms with van der Waals surface area (Å²) in [4.78, 5) is 21.2. The lowest BCUT2D eigenvalue weighted by Gasteiger charge is -2.31. The van der Waals surface area contributed by atoms with E-state index in [0.717, 1.165) is 53.1 Å². The van der Waals surface area contributed by atoms with Gasteiger partial charge in [0.25, 0.3) is 0 Å². The molecular weight excluding hydrogens is 448 g/mol. The molecule has 0 bridgehead atoms. The molecule has 0 atom stereocenters. The Bertz CT molecular complexity index is 1290. The minimum absolute atomic E-state index is 0.0869. The van der Waals surface area contributed by atoms with E-state index in [1.807, 2.05) is 35.1 Å². The van der Waals surface area contributed by atoms with Crippen molar-refractivity contribution in [3.05, 3.63) is 46.2 Å².